The summed E-state index contributed by atoms with van der Waals surface area (Å²) < 4.78 is 11.1. The number of hydrogen-bond donors (Lipinski definition) is 0. The van der Waals surface area contributed by atoms with E-state index in [1.807, 2.05) is 48.2 Å². The number of ether oxygens (including phenoxy) is 1. The molecule has 4 rings (SSSR count). The van der Waals surface area contributed by atoms with E-state index in [0.717, 1.165) is 49.1 Å². The first-order valence-corrected chi connectivity index (χ1v) is 11.0. The van der Waals surface area contributed by atoms with Gasteiger partial charge in [-0.25, -0.2) is 0 Å². The number of nitrogens with zero attached hydrogens (tertiary/aromatic N) is 3. The maximum absolute atomic E-state index is 13.2. The van der Waals surface area contributed by atoms with Crippen molar-refractivity contribution < 1.29 is 13.9 Å². The molecule has 1 atom stereocenters. The molecule has 0 N–H and O–H groups in total. The summed E-state index contributed by atoms with van der Waals surface area (Å²) in [6, 6.07) is 16.1. The second kappa shape index (κ2) is 9.77. The van der Waals surface area contributed by atoms with Gasteiger partial charge >= 0.3 is 0 Å². The van der Waals surface area contributed by atoms with Crippen molar-refractivity contribution in [2.75, 3.05) is 13.7 Å². The number of amides is 1. The Morgan fingerprint density at radius 1 is 1.06 bits per heavy atom. The van der Waals surface area contributed by atoms with E-state index in [1.54, 1.807) is 7.11 Å². The number of carbonyl (C=O) groups excluding carboxylic acids is 1. The van der Waals surface area contributed by atoms with E-state index in [1.165, 1.54) is 5.56 Å². The third-order valence-corrected chi connectivity index (χ3v) is 5.89. The number of methoxy groups -OCH3 is 1. The molecule has 2 aromatic carbocycles. The first-order valence-electron chi connectivity index (χ1n) is 11.0. The van der Waals surface area contributed by atoms with Crippen molar-refractivity contribution in [3.05, 3.63) is 65.5 Å². The fraction of sp³-hybridized carbons (Fsp3) is 0.400. The molecule has 0 saturated carbocycles. The van der Waals surface area contributed by atoms with Crippen LogP contribution in [0.25, 0.3) is 11.5 Å². The first kappa shape index (κ1) is 21.1. The van der Waals surface area contributed by atoms with Gasteiger partial charge in [0.05, 0.1) is 13.2 Å². The van der Waals surface area contributed by atoms with Crippen molar-refractivity contribution in [3.63, 3.8) is 0 Å². The summed E-state index contributed by atoms with van der Waals surface area (Å²) in [7, 11) is 1.66. The summed E-state index contributed by atoms with van der Waals surface area (Å²) in [6.45, 7) is 2.82. The van der Waals surface area contributed by atoms with E-state index in [-0.39, 0.29) is 11.9 Å². The standard InChI is InChI=1S/C25H29N3O3/c1-18-7-9-20(10-8-18)25-27-26-23(31-25)15-16-24(29)28-17-5-3-4-6-22(28)19-11-13-21(30-2)14-12-19/h7-14,22H,3-6,15-17H2,1-2H3/t22-/m0/s1. The highest BCUT2D eigenvalue weighted by atomic mass is 16.5. The van der Waals surface area contributed by atoms with Gasteiger partial charge < -0.3 is 14.1 Å². The SMILES string of the molecule is COc1ccc([C@@H]2CCCCCN2C(=O)CCc2nnc(-c3ccc(C)cc3)o2)cc1. The lowest BCUT2D eigenvalue weighted by molar-refractivity contribution is -0.133. The molecule has 0 unspecified atom stereocenters. The summed E-state index contributed by atoms with van der Waals surface area (Å²) in [4.78, 5) is 15.2. The van der Waals surface area contributed by atoms with E-state index in [9.17, 15) is 4.79 Å². The predicted octanol–water partition coefficient (Wildman–Crippen LogP) is 5.13. The van der Waals surface area contributed by atoms with E-state index in [4.69, 9.17) is 9.15 Å². The summed E-state index contributed by atoms with van der Waals surface area (Å²) in [5, 5.41) is 8.29. The maximum Gasteiger partial charge on any atom is 0.247 e. The second-order valence-corrected chi connectivity index (χ2v) is 8.09. The minimum absolute atomic E-state index is 0.103. The molecule has 2 heterocycles. The predicted molar refractivity (Wildman–Crippen MR) is 119 cm³/mol. The molecule has 6 heteroatoms. The van der Waals surface area contributed by atoms with Crippen LogP contribution in [0.3, 0.4) is 0 Å². The molecule has 0 aliphatic carbocycles. The summed E-state index contributed by atoms with van der Waals surface area (Å²) in [6.07, 6.45) is 5.11. The Hall–Kier alpha value is -3.15. The topological polar surface area (TPSA) is 68.5 Å². The lowest BCUT2D eigenvalue weighted by Gasteiger charge is -2.30. The molecular weight excluding hydrogens is 390 g/mol. The van der Waals surface area contributed by atoms with Crippen LogP contribution in [0.2, 0.25) is 0 Å². The Morgan fingerprint density at radius 3 is 2.58 bits per heavy atom. The van der Waals surface area contributed by atoms with Gasteiger partial charge in [-0.1, -0.05) is 42.7 Å². The van der Waals surface area contributed by atoms with Crippen LogP contribution in [0, 0.1) is 6.92 Å². The van der Waals surface area contributed by atoms with Gasteiger partial charge in [0.15, 0.2) is 0 Å². The molecule has 6 nitrogen and oxygen atoms in total. The zero-order chi connectivity index (χ0) is 21.6. The van der Waals surface area contributed by atoms with Crippen molar-refractivity contribution in [2.24, 2.45) is 0 Å². The molecule has 1 aromatic heterocycles. The van der Waals surface area contributed by atoms with Gasteiger partial charge in [-0.15, -0.1) is 10.2 Å². The largest absolute Gasteiger partial charge is 0.497 e. The number of benzene rings is 2. The highest BCUT2D eigenvalue weighted by Crippen LogP contribution is 2.32. The summed E-state index contributed by atoms with van der Waals surface area (Å²) >= 11 is 0. The van der Waals surface area contributed by atoms with Crippen LogP contribution < -0.4 is 4.74 Å². The lowest BCUT2D eigenvalue weighted by atomic mass is 10.00. The summed E-state index contributed by atoms with van der Waals surface area (Å²) in [5.74, 6) is 1.96. The third kappa shape index (κ3) is 5.13. The van der Waals surface area contributed by atoms with Gasteiger partial charge in [0.2, 0.25) is 17.7 Å². The van der Waals surface area contributed by atoms with Gasteiger partial charge in [-0.2, -0.15) is 0 Å². The Bertz CT molecular complexity index is 996. The molecule has 1 aliphatic heterocycles. The Kier molecular flexibility index (Phi) is 6.65. The van der Waals surface area contributed by atoms with Gasteiger partial charge in [0.25, 0.3) is 0 Å². The highest BCUT2D eigenvalue weighted by Gasteiger charge is 2.27. The van der Waals surface area contributed by atoms with Crippen LogP contribution in [0.4, 0.5) is 0 Å². The average molecular weight is 420 g/mol. The molecule has 0 radical (unpaired) electrons. The van der Waals surface area contributed by atoms with Crippen molar-refractivity contribution >= 4 is 5.91 Å². The first-order chi connectivity index (χ1) is 15.1. The van der Waals surface area contributed by atoms with E-state index in [0.29, 0.717) is 24.6 Å². The monoisotopic (exact) mass is 419 g/mol. The fourth-order valence-corrected chi connectivity index (χ4v) is 4.10. The van der Waals surface area contributed by atoms with Crippen LogP contribution in [0.1, 0.15) is 55.2 Å². The second-order valence-electron chi connectivity index (χ2n) is 8.09. The number of carbonyl (C=O) groups is 1. The third-order valence-electron chi connectivity index (χ3n) is 5.89. The van der Waals surface area contributed by atoms with Crippen molar-refractivity contribution in [1.29, 1.82) is 0 Å². The van der Waals surface area contributed by atoms with E-state index in [2.05, 4.69) is 22.3 Å². The number of hydrogen-bond acceptors (Lipinski definition) is 5. The number of likely N-dealkylation sites (tertiary alicyclic amines) is 1. The molecule has 0 bridgehead atoms. The molecule has 1 aliphatic rings. The Balaban J connectivity index is 1.42. The fourth-order valence-electron chi connectivity index (χ4n) is 4.10. The van der Waals surface area contributed by atoms with Crippen LogP contribution in [0.15, 0.2) is 52.9 Å². The molecule has 31 heavy (non-hydrogen) atoms. The van der Waals surface area contributed by atoms with Crippen molar-refractivity contribution in [3.8, 4) is 17.2 Å². The molecule has 0 spiro atoms. The molecule has 3 aromatic rings. The van der Waals surface area contributed by atoms with Gasteiger partial charge in [0.1, 0.15) is 5.75 Å². The van der Waals surface area contributed by atoms with Crippen molar-refractivity contribution in [1.82, 2.24) is 15.1 Å². The Morgan fingerprint density at radius 2 is 1.84 bits per heavy atom. The molecule has 162 valence electrons. The van der Waals surface area contributed by atoms with Gasteiger partial charge in [0, 0.05) is 24.9 Å². The number of aromatic nitrogens is 2. The quantitative estimate of drug-likeness (QED) is 0.554. The summed E-state index contributed by atoms with van der Waals surface area (Å²) in [5.41, 5.74) is 3.23. The van der Waals surface area contributed by atoms with Crippen LogP contribution in [-0.4, -0.2) is 34.7 Å². The lowest BCUT2D eigenvalue weighted by Crippen LogP contribution is -2.35. The molecule has 1 amide bonds. The van der Waals surface area contributed by atoms with Gasteiger partial charge in [-0.05, 0) is 49.6 Å². The number of rotatable bonds is 6. The van der Waals surface area contributed by atoms with E-state index >= 15 is 0 Å². The zero-order valence-electron chi connectivity index (χ0n) is 18.2. The van der Waals surface area contributed by atoms with Crippen LogP contribution in [0.5, 0.6) is 5.75 Å². The Labute approximate surface area is 183 Å². The van der Waals surface area contributed by atoms with Crippen LogP contribution >= 0.6 is 0 Å². The normalized spacial score (nSPS) is 16.7. The average Bonchev–Trinajstić information content (AvgIpc) is 3.14. The zero-order valence-corrected chi connectivity index (χ0v) is 18.2. The van der Waals surface area contributed by atoms with Crippen LogP contribution in [-0.2, 0) is 11.2 Å². The number of aryl methyl sites for hydroxylation is 2. The minimum Gasteiger partial charge on any atom is -0.497 e. The molecule has 1 saturated heterocycles. The smallest absolute Gasteiger partial charge is 0.247 e. The van der Waals surface area contributed by atoms with E-state index < -0.39 is 0 Å². The minimum atomic E-state index is 0.103. The van der Waals surface area contributed by atoms with Crippen molar-refractivity contribution in [2.45, 2.75) is 51.5 Å². The molecular formula is C25H29N3O3. The van der Waals surface area contributed by atoms with Gasteiger partial charge in [-0.3, -0.25) is 4.79 Å². The molecule has 1 fully saturated rings. The maximum atomic E-state index is 13.2. The highest BCUT2D eigenvalue weighted by molar-refractivity contribution is 5.77.